The second-order valence-corrected chi connectivity index (χ2v) is 0.573. The van der Waals surface area contributed by atoms with Gasteiger partial charge in [0.2, 0.25) is 0 Å². The molecule has 0 atom stereocenters. The van der Waals surface area contributed by atoms with Crippen molar-refractivity contribution in [1.29, 1.82) is 0 Å². The average Bonchev–Trinajstić information content (AvgIpc) is 1.41. The predicted molar refractivity (Wildman–Crippen MR) is 21.3 cm³/mol. The first kappa shape index (κ1) is 4.98. The van der Waals surface area contributed by atoms with Crippen LogP contribution in [0.25, 0.3) is 0 Å². The Morgan fingerprint density at radius 1 is 1.80 bits per heavy atom. The maximum Gasteiger partial charge on any atom is 0.306 e. The third kappa shape index (κ3) is 3.98. The molecule has 0 aromatic rings. The van der Waals surface area contributed by atoms with Gasteiger partial charge >= 0.3 is 8.05 Å². The second kappa shape index (κ2) is 3.98. The standard InChI is InChI=1S/C2H7BO2/c1-2-4-5-3/h2-3H2,1H3. The fourth-order valence-electron chi connectivity index (χ4n) is 0.118. The number of hydrogen-bond acceptors (Lipinski definition) is 2. The molecular formula is C2H7BO2. The van der Waals surface area contributed by atoms with E-state index in [0.717, 1.165) is 0 Å². The van der Waals surface area contributed by atoms with Gasteiger partial charge in [-0.1, -0.05) is 0 Å². The van der Waals surface area contributed by atoms with Gasteiger partial charge < -0.3 is 4.81 Å². The highest BCUT2D eigenvalue weighted by Crippen LogP contribution is 1.63. The van der Waals surface area contributed by atoms with E-state index >= 15 is 0 Å². The molecule has 5 heavy (non-hydrogen) atoms. The van der Waals surface area contributed by atoms with Crippen LogP contribution >= 0.6 is 0 Å². The smallest absolute Gasteiger partial charge is 0.306 e. The van der Waals surface area contributed by atoms with E-state index in [1.54, 1.807) is 0 Å². The zero-order valence-corrected chi connectivity index (χ0v) is 3.52. The van der Waals surface area contributed by atoms with E-state index < -0.39 is 0 Å². The van der Waals surface area contributed by atoms with Gasteiger partial charge in [-0.3, -0.25) is 4.89 Å². The molecule has 3 heteroatoms. The number of hydrogen-bond donors (Lipinski definition) is 0. The molecule has 0 saturated carbocycles. The Bertz CT molecular complexity index is 15.1. The van der Waals surface area contributed by atoms with E-state index in [0.29, 0.717) is 6.61 Å². The lowest BCUT2D eigenvalue weighted by atomic mass is 10.6. The molecule has 0 radical (unpaired) electrons. The lowest BCUT2D eigenvalue weighted by molar-refractivity contribution is -0.198. The molecule has 0 aliphatic heterocycles. The quantitative estimate of drug-likeness (QED) is 0.250. The summed E-state index contributed by atoms with van der Waals surface area (Å²) in [6, 6.07) is 0. The molecule has 0 aromatic heterocycles. The summed E-state index contributed by atoms with van der Waals surface area (Å²) in [6.07, 6.45) is 0. The predicted octanol–water partition coefficient (Wildman–Crippen LogP) is -0.497. The van der Waals surface area contributed by atoms with Gasteiger partial charge in [0.25, 0.3) is 0 Å². The number of rotatable bonds is 2. The minimum Gasteiger partial charge on any atom is -0.315 e. The van der Waals surface area contributed by atoms with Crippen LogP contribution < -0.4 is 0 Å². The molecule has 0 amide bonds. The minimum absolute atomic E-state index is 0.622. The van der Waals surface area contributed by atoms with E-state index in [-0.39, 0.29) is 0 Å². The van der Waals surface area contributed by atoms with Crippen LogP contribution in [-0.4, -0.2) is 14.7 Å². The molecule has 0 saturated heterocycles. The summed E-state index contributed by atoms with van der Waals surface area (Å²) in [5.41, 5.74) is 0. The van der Waals surface area contributed by atoms with Gasteiger partial charge in [0.1, 0.15) is 0 Å². The van der Waals surface area contributed by atoms with Crippen molar-refractivity contribution in [1.82, 2.24) is 0 Å². The van der Waals surface area contributed by atoms with Gasteiger partial charge in [-0.2, -0.15) is 0 Å². The molecule has 0 aliphatic carbocycles. The largest absolute Gasteiger partial charge is 0.315 e. The van der Waals surface area contributed by atoms with Crippen LogP contribution in [0.2, 0.25) is 0 Å². The topological polar surface area (TPSA) is 18.5 Å². The van der Waals surface area contributed by atoms with Crippen LogP contribution in [0.1, 0.15) is 6.92 Å². The molecule has 0 heterocycles. The van der Waals surface area contributed by atoms with E-state index in [2.05, 4.69) is 9.69 Å². The molecule has 30 valence electrons. The van der Waals surface area contributed by atoms with E-state index in [9.17, 15) is 0 Å². The van der Waals surface area contributed by atoms with Gasteiger partial charge in [-0.05, 0) is 6.92 Å². The van der Waals surface area contributed by atoms with Crippen molar-refractivity contribution in [3.05, 3.63) is 0 Å². The Labute approximate surface area is 32.4 Å². The maximum absolute atomic E-state index is 4.33. The van der Waals surface area contributed by atoms with Crippen molar-refractivity contribution in [3.8, 4) is 0 Å². The summed E-state index contributed by atoms with van der Waals surface area (Å²) in [5, 5.41) is 0. The Kier molecular flexibility index (Phi) is 3.97. The molecule has 2 nitrogen and oxygen atoms in total. The molecule has 0 bridgehead atoms. The molecule has 0 spiro atoms. The SMILES string of the molecule is BOOCC. The van der Waals surface area contributed by atoms with Crippen molar-refractivity contribution in [3.63, 3.8) is 0 Å². The highest BCUT2D eigenvalue weighted by atomic mass is 17.2. The fraction of sp³-hybridized carbons (Fsp3) is 1.00. The molecule has 0 aliphatic rings. The second-order valence-electron chi connectivity index (χ2n) is 0.573. The Hall–Kier alpha value is -0.0151. The summed E-state index contributed by atoms with van der Waals surface area (Å²) < 4.78 is 0. The summed E-state index contributed by atoms with van der Waals surface area (Å²) in [6.45, 7) is 2.49. The summed E-state index contributed by atoms with van der Waals surface area (Å²) in [5.74, 6) is 0. The maximum atomic E-state index is 4.33. The van der Waals surface area contributed by atoms with Crippen LogP contribution in [0.3, 0.4) is 0 Å². The van der Waals surface area contributed by atoms with Crippen molar-refractivity contribution < 1.29 is 9.69 Å². The van der Waals surface area contributed by atoms with Gasteiger partial charge in [0.15, 0.2) is 0 Å². The Balaban J connectivity index is 2.19. The van der Waals surface area contributed by atoms with Crippen molar-refractivity contribution >= 4 is 8.05 Å². The highest BCUT2D eigenvalue weighted by molar-refractivity contribution is 5.97. The Morgan fingerprint density at radius 2 is 2.40 bits per heavy atom. The van der Waals surface area contributed by atoms with Crippen LogP contribution in [0, 0.1) is 0 Å². The normalized spacial score (nSPS) is 8.20. The molecule has 0 rings (SSSR count). The van der Waals surface area contributed by atoms with E-state index in [4.69, 9.17) is 0 Å². The average molecular weight is 73.9 g/mol. The van der Waals surface area contributed by atoms with Gasteiger partial charge in [-0.15, -0.1) is 0 Å². The molecule has 0 unspecified atom stereocenters. The fourth-order valence-corrected chi connectivity index (χ4v) is 0.118. The van der Waals surface area contributed by atoms with Crippen LogP contribution in [-0.2, 0) is 9.69 Å². The first-order valence-corrected chi connectivity index (χ1v) is 1.57. The van der Waals surface area contributed by atoms with Gasteiger partial charge in [0, 0.05) is 0 Å². The van der Waals surface area contributed by atoms with E-state index in [1.807, 2.05) is 6.92 Å². The Morgan fingerprint density at radius 3 is 2.40 bits per heavy atom. The molecule has 0 N–H and O–H groups in total. The lowest BCUT2D eigenvalue weighted by Crippen LogP contribution is -1.85. The van der Waals surface area contributed by atoms with Gasteiger partial charge in [-0.25, -0.2) is 0 Å². The first-order valence-electron chi connectivity index (χ1n) is 1.57. The lowest BCUT2D eigenvalue weighted by Gasteiger charge is -1.87. The zero-order valence-electron chi connectivity index (χ0n) is 3.52. The molecule has 0 fully saturated rings. The van der Waals surface area contributed by atoms with Crippen LogP contribution in [0.5, 0.6) is 0 Å². The monoisotopic (exact) mass is 74.1 g/mol. The van der Waals surface area contributed by atoms with Crippen molar-refractivity contribution in [2.75, 3.05) is 6.61 Å². The third-order valence-corrected chi connectivity index (χ3v) is 0.236. The zero-order chi connectivity index (χ0) is 4.12. The summed E-state index contributed by atoms with van der Waals surface area (Å²) in [4.78, 5) is 8.52. The third-order valence-electron chi connectivity index (χ3n) is 0.236. The highest BCUT2D eigenvalue weighted by Gasteiger charge is 1.63. The van der Waals surface area contributed by atoms with E-state index in [1.165, 1.54) is 8.05 Å². The van der Waals surface area contributed by atoms with Crippen molar-refractivity contribution in [2.24, 2.45) is 0 Å². The summed E-state index contributed by atoms with van der Waals surface area (Å²) in [7, 11) is 1.49. The minimum atomic E-state index is 0.622. The van der Waals surface area contributed by atoms with Crippen LogP contribution in [0.4, 0.5) is 0 Å². The first-order chi connectivity index (χ1) is 2.41. The summed E-state index contributed by atoms with van der Waals surface area (Å²) >= 11 is 0. The van der Waals surface area contributed by atoms with Crippen molar-refractivity contribution in [2.45, 2.75) is 6.92 Å². The van der Waals surface area contributed by atoms with Gasteiger partial charge in [0.05, 0.1) is 6.61 Å². The van der Waals surface area contributed by atoms with Crippen LogP contribution in [0.15, 0.2) is 0 Å². The molecular weight excluding hydrogens is 66.8 g/mol. The molecule has 0 aromatic carbocycles.